The summed E-state index contributed by atoms with van der Waals surface area (Å²) in [4.78, 5) is 0. The van der Waals surface area contributed by atoms with Crippen molar-refractivity contribution in [3.05, 3.63) is 11.3 Å². The molecule has 0 amide bonds. The van der Waals surface area contributed by atoms with Gasteiger partial charge in [0.25, 0.3) is 0 Å². The molecular formula is C11H19N3. The Bertz CT molecular complexity index is 352. The molecule has 3 nitrogen and oxygen atoms in total. The molecule has 0 aliphatic heterocycles. The number of nitrogens with two attached hydrogens (primary N) is 1. The summed E-state index contributed by atoms with van der Waals surface area (Å²) in [6.45, 7) is 6.65. The first kappa shape index (κ1) is 9.56. The van der Waals surface area contributed by atoms with Gasteiger partial charge in [-0.2, -0.15) is 5.10 Å². The number of hydrogen-bond acceptors (Lipinski definition) is 2. The third-order valence-electron chi connectivity index (χ3n) is 3.20. The monoisotopic (exact) mass is 193 g/mol. The van der Waals surface area contributed by atoms with Crippen LogP contribution in [0.4, 0.5) is 5.82 Å². The van der Waals surface area contributed by atoms with Crippen LogP contribution < -0.4 is 5.73 Å². The highest BCUT2D eigenvalue weighted by Crippen LogP contribution is 2.49. The van der Waals surface area contributed by atoms with E-state index in [2.05, 4.69) is 25.9 Å². The molecule has 1 aliphatic carbocycles. The molecule has 14 heavy (non-hydrogen) atoms. The van der Waals surface area contributed by atoms with E-state index in [1.165, 1.54) is 17.7 Å². The van der Waals surface area contributed by atoms with Crippen LogP contribution in [0.5, 0.6) is 0 Å². The number of aryl methyl sites for hydroxylation is 1. The topological polar surface area (TPSA) is 43.8 Å². The van der Waals surface area contributed by atoms with Gasteiger partial charge in [0.05, 0.1) is 5.69 Å². The minimum Gasteiger partial charge on any atom is -0.384 e. The highest BCUT2D eigenvalue weighted by atomic mass is 15.3. The van der Waals surface area contributed by atoms with Crippen LogP contribution in [0.25, 0.3) is 0 Å². The van der Waals surface area contributed by atoms with E-state index < -0.39 is 0 Å². The van der Waals surface area contributed by atoms with Crippen LogP contribution in [0.3, 0.4) is 0 Å². The number of hydrogen-bond donors (Lipinski definition) is 1. The van der Waals surface area contributed by atoms with Crippen molar-refractivity contribution in [2.45, 2.75) is 39.0 Å². The highest BCUT2D eigenvalue weighted by Gasteiger charge is 2.39. The fraction of sp³-hybridized carbons (Fsp3) is 0.727. The molecule has 2 unspecified atom stereocenters. The molecule has 2 atom stereocenters. The van der Waals surface area contributed by atoms with E-state index in [0.29, 0.717) is 11.8 Å². The summed E-state index contributed by atoms with van der Waals surface area (Å²) in [5.41, 5.74) is 8.52. The lowest BCUT2D eigenvalue weighted by atomic mass is 10.00. The lowest BCUT2D eigenvalue weighted by Gasteiger charge is -2.06. The number of nitrogens with zero attached hydrogens (tertiary/aromatic N) is 2. The molecule has 0 spiro atoms. The Morgan fingerprint density at radius 2 is 2.07 bits per heavy atom. The van der Waals surface area contributed by atoms with Crippen molar-refractivity contribution in [1.82, 2.24) is 9.78 Å². The maximum Gasteiger partial charge on any atom is 0.125 e. The molecule has 2 N–H and O–H groups in total. The lowest BCUT2D eigenvalue weighted by Crippen LogP contribution is -2.00. The third-order valence-corrected chi connectivity index (χ3v) is 3.20. The summed E-state index contributed by atoms with van der Waals surface area (Å²) in [5.74, 6) is 2.78. The average molecular weight is 193 g/mol. The molecule has 78 valence electrons. The van der Waals surface area contributed by atoms with Gasteiger partial charge >= 0.3 is 0 Å². The van der Waals surface area contributed by atoms with Crippen molar-refractivity contribution in [3.63, 3.8) is 0 Å². The smallest absolute Gasteiger partial charge is 0.125 e. The molecule has 3 heteroatoms. The first-order chi connectivity index (χ1) is 6.52. The second-order valence-corrected chi connectivity index (χ2v) is 4.78. The SMILES string of the molecule is CC(C)c1c(C2CC2C)nn(C)c1N. The molecule has 0 radical (unpaired) electrons. The Labute approximate surface area is 85.3 Å². The highest BCUT2D eigenvalue weighted by molar-refractivity contribution is 5.48. The Balaban J connectivity index is 2.43. The first-order valence-corrected chi connectivity index (χ1v) is 5.34. The van der Waals surface area contributed by atoms with Gasteiger partial charge in [0.1, 0.15) is 5.82 Å². The van der Waals surface area contributed by atoms with Gasteiger partial charge in [-0.3, -0.25) is 4.68 Å². The molecule has 1 aromatic rings. The Morgan fingerprint density at radius 3 is 2.50 bits per heavy atom. The summed E-state index contributed by atoms with van der Waals surface area (Å²) in [5, 5.41) is 4.54. The number of aromatic nitrogens is 2. The summed E-state index contributed by atoms with van der Waals surface area (Å²) in [6, 6.07) is 0. The largest absolute Gasteiger partial charge is 0.384 e. The molecule has 1 fully saturated rings. The van der Waals surface area contributed by atoms with Crippen molar-refractivity contribution in [3.8, 4) is 0 Å². The molecule has 1 aromatic heterocycles. The predicted molar refractivity (Wildman–Crippen MR) is 58.2 cm³/mol. The van der Waals surface area contributed by atoms with E-state index in [0.717, 1.165) is 11.7 Å². The van der Waals surface area contributed by atoms with Gasteiger partial charge in [-0.15, -0.1) is 0 Å². The zero-order valence-corrected chi connectivity index (χ0v) is 9.41. The molecule has 1 heterocycles. The quantitative estimate of drug-likeness (QED) is 0.783. The van der Waals surface area contributed by atoms with Crippen LogP contribution in [0.15, 0.2) is 0 Å². The predicted octanol–water partition coefficient (Wildman–Crippen LogP) is 2.25. The van der Waals surface area contributed by atoms with Crippen LogP contribution in [0, 0.1) is 5.92 Å². The van der Waals surface area contributed by atoms with Gasteiger partial charge in [-0.1, -0.05) is 20.8 Å². The van der Waals surface area contributed by atoms with E-state index in [4.69, 9.17) is 5.73 Å². The van der Waals surface area contributed by atoms with Crippen LogP contribution in [0.1, 0.15) is 50.3 Å². The van der Waals surface area contributed by atoms with E-state index in [1.54, 1.807) is 0 Å². The summed E-state index contributed by atoms with van der Waals surface area (Å²) in [6.07, 6.45) is 1.27. The minimum atomic E-state index is 0.478. The summed E-state index contributed by atoms with van der Waals surface area (Å²) >= 11 is 0. The van der Waals surface area contributed by atoms with Gasteiger partial charge in [-0.05, 0) is 18.3 Å². The Hall–Kier alpha value is -0.990. The second-order valence-electron chi connectivity index (χ2n) is 4.78. The van der Waals surface area contributed by atoms with Crippen LogP contribution in [-0.2, 0) is 7.05 Å². The number of anilines is 1. The van der Waals surface area contributed by atoms with Crippen molar-refractivity contribution in [2.75, 3.05) is 5.73 Å². The van der Waals surface area contributed by atoms with E-state index >= 15 is 0 Å². The lowest BCUT2D eigenvalue weighted by molar-refractivity contribution is 0.741. The molecule has 0 bridgehead atoms. The van der Waals surface area contributed by atoms with Crippen molar-refractivity contribution in [2.24, 2.45) is 13.0 Å². The fourth-order valence-electron chi connectivity index (χ4n) is 2.14. The summed E-state index contributed by atoms with van der Waals surface area (Å²) in [7, 11) is 1.93. The van der Waals surface area contributed by atoms with E-state index in [9.17, 15) is 0 Å². The van der Waals surface area contributed by atoms with Crippen molar-refractivity contribution >= 4 is 5.82 Å². The molecule has 1 aliphatic rings. The zero-order chi connectivity index (χ0) is 10.5. The Kier molecular flexibility index (Phi) is 2.05. The van der Waals surface area contributed by atoms with Crippen LogP contribution in [-0.4, -0.2) is 9.78 Å². The fourth-order valence-corrected chi connectivity index (χ4v) is 2.14. The number of nitrogen functional groups attached to an aromatic ring is 1. The van der Waals surface area contributed by atoms with E-state index in [-0.39, 0.29) is 0 Å². The van der Waals surface area contributed by atoms with Crippen LogP contribution in [0.2, 0.25) is 0 Å². The van der Waals surface area contributed by atoms with Crippen molar-refractivity contribution in [1.29, 1.82) is 0 Å². The minimum absolute atomic E-state index is 0.478. The standard InChI is InChI=1S/C11H19N3/c1-6(2)9-10(8-5-7(8)3)13-14(4)11(9)12/h6-8H,5,12H2,1-4H3. The maximum absolute atomic E-state index is 6.02. The Morgan fingerprint density at radius 1 is 1.50 bits per heavy atom. The van der Waals surface area contributed by atoms with Gasteiger partial charge in [0.2, 0.25) is 0 Å². The second kappa shape index (κ2) is 3.01. The molecule has 2 rings (SSSR count). The summed E-state index contributed by atoms with van der Waals surface area (Å²) < 4.78 is 1.82. The molecule has 1 saturated carbocycles. The van der Waals surface area contributed by atoms with E-state index in [1.807, 2.05) is 11.7 Å². The third kappa shape index (κ3) is 1.31. The van der Waals surface area contributed by atoms with Gasteiger partial charge in [0, 0.05) is 18.5 Å². The number of rotatable bonds is 2. The molecular weight excluding hydrogens is 174 g/mol. The molecule has 0 saturated heterocycles. The average Bonchev–Trinajstić information content (AvgIpc) is 2.72. The maximum atomic E-state index is 6.02. The van der Waals surface area contributed by atoms with Crippen LogP contribution >= 0.6 is 0 Å². The zero-order valence-electron chi connectivity index (χ0n) is 9.41. The van der Waals surface area contributed by atoms with Gasteiger partial charge < -0.3 is 5.73 Å². The first-order valence-electron chi connectivity index (χ1n) is 5.34. The normalized spacial score (nSPS) is 25.8. The molecule has 0 aromatic carbocycles. The van der Waals surface area contributed by atoms with Gasteiger partial charge in [0.15, 0.2) is 0 Å². The van der Waals surface area contributed by atoms with Gasteiger partial charge in [-0.25, -0.2) is 0 Å². The van der Waals surface area contributed by atoms with Crippen molar-refractivity contribution < 1.29 is 0 Å².